The summed E-state index contributed by atoms with van der Waals surface area (Å²) in [6, 6.07) is 57.0. The van der Waals surface area contributed by atoms with E-state index in [0.717, 1.165) is 80.2 Å². The number of rotatable bonds is 19. The fourth-order valence-corrected chi connectivity index (χ4v) is 14.3. The molecule has 12 aromatic rings. The van der Waals surface area contributed by atoms with Crippen molar-refractivity contribution in [1.29, 1.82) is 0 Å². The number of aldehydes is 1. The topological polar surface area (TPSA) is 386 Å². The number of aliphatic hydroxyl groups excluding tert-OH is 4. The van der Waals surface area contributed by atoms with E-state index in [-0.39, 0.29) is 124 Å². The van der Waals surface area contributed by atoms with Crippen LogP contribution >= 0.6 is 0 Å². The summed E-state index contributed by atoms with van der Waals surface area (Å²) in [6.07, 6.45) is -0.967. The van der Waals surface area contributed by atoms with Gasteiger partial charge in [0.05, 0.1) is 93.4 Å². The molecule has 4 amide bonds. The van der Waals surface area contributed by atoms with Crippen molar-refractivity contribution in [2.75, 3.05) is 12.8 Å². The minimum atomic E-state index is -0.601. The Morgan fingerprint density at radius 2 is 0.661 bits per heavy atom. The molecule has 4 aliphatic heterocycles. The van der Waals surface area contributed by atoms with Crippen LogP contribution < -0.4 is 5.73 Å². The first-order valence-corrected chi connectivity index (χ1v) is 38.3. The first-order valence-electron chi connectivity index (χ1n) is 38.3. The van der Waals surface area contributed by atoms with Gasteiger partial charge in [-0.05, 0) is 209 Å². The number of benzene rings is 8. The van der Waals surface area contributed by atoms with Crippen LogP contribution in [0.5, 0.6) is 0 Å². The normalized spacial score (nSPS) is 12.8. The minimum absolute atomic E-state index is 0. The molecule has 8 aromatic carbocycles. The monoisotopic (exact) mass is 1780 g/mol. The van der Waals surface area contributed by atoms with Gasteiger partial charge in [0.25, 0.3) is 17.1 Å². The second-order valence-corrected chi connectivity index (χ2v) is 29.0. The van der Waals surface area contributed by atoms with Gasteiger partial charge in [-0.2, -0.15) is 0 Å². The molecule has 0 bridgehead atoms. The number of hydrogen-bond acceptors (Lipinski definition) is 20. The molecule has 32 heteroatoms. The first-order chi connectivity index (χ1) is 58.6. The van der Waals surface area contributed by atoms with E-state index in [1.807, 2.05) is 60.7 Å². The molecular formula is C92H83F4N12O15Pd-. The zero-order chi connectivity index (χ0) is 87.2. The molecule has 8 heterocycles. The third kappa shape index (κ3) is 22.6. The number of fused-ring (bicyclic) bond motifs is 4. The van der Waals surface area contributed by atoms with Gasteiger partial charge in [0, 0.05) is 126 Å². The molecule has 0 spiro atoms. The van der Waals surface area contributed by atoms with Gasteiger partial charge in [-0.15, -0.1) is 0 Å². The summed E-state index contributed by atoms with van der Waals surface area (Å²) >= 11 is 0. The van der Waals surface area contributed by atoms with Crippen molar-refractivity contribution in [2.24, 2.45) is 0 Å². The third-order valence-electron chi connectivity index (χ3n) is 20.8. The van der Waals surface area contributed by atoms with Crippen LogP contribution in [0.3, 0.4) is 0 Å². The molecule has 6 N–H and O–H groups in total. The Labute approximate surface area is 722 Å². The molecule has 0 aliphatic carbocycles. The molecule has 0 saturated heterocycles. The predicted octanol–water partition coefficient (Wildman–Crippen LogP) is 14.7. The van der Waals surface area contributed by atoms with E-state index in [1.165, 1.54) is 121 Å². The molecule has 640 valence electrons. The Bertz CT molecular complexity index is 5980. The molecular weight excluding hydrogens is 1700 g/mol. The van der Waals surface area contributed by atoms with Crippen LogP contribution in [0.4, 0.5) is 40.3 Å². The number of aliphatic hydroxyl groups is 4. The molecule has 0 fully saturated rings. The van der Waals surface area contributed by atoms with Gasteiger partial charge >= 0.3 is 0 Å². The molecule has 124 heavy (non-hydrogen) atoms. The van der Waals surface area contributed by atoms with Gasteiger partial charge in [0.15, 0.2) is 0 Å². The Morgan fingerprint density at radius 1 is 0.395 bits per heavy atom. The number of pyridine rings is 4. The molecule has 2 atom stereocenters. The van der Waals surface area contributed by atoms with Crippen LogP contribution in [-0.2, 0) is 124 Å². The van der Waals surface area contributed by atoms with Crippen molar-refractivity contribution in [2.45, 2.75) is 111 Å². The second-order valence-electron chi connectivity index (χ2n) is 29.0. The summed E-state index contributed by atoms with van der Waals surface area (Å²) in [7, 11) is 1.00. The summed E-state index contributed by atoms with van der Waals surface area (Å²) in [5.74, 6) is -2.41. The second kappa shape index (κ2) is 41.6. The zero-order valence-corrected chi connectivity index (χ0v) is 68.9. The van der Waals surface area contributed by atoms with Gasteiger partial charge in [-0.3, -0.25) is 59.3 Å². The van der Waals surface area contributed by atoms with E-state index in [4.69, 9.17) is 10.8 Å². The van der Waals surface area contributed by atoms with Crippen molar-refractivity contribution in [3.05, 3.63) is 369 Å². The quantitative estimate of drug-likeness (QED) is 0.0125. The van der Waals surface area contributed by atoms with Crippen molar-refractivity contribution < 1.29 is 97.2 Å². The van der Waals surface area contributed by atoms with Gasteiger partial charge in [0.2, 0.25) is 23.6 Å². The SMILES string of the molecule is CC(O)c1ccc2c(c1)CN(C(=O)Cc1nc(-c3ccc(F)cc3)ccc1N)C2.CC(O)c1ccc2c(c1)CN(C(=O)Cc1nc(-c3ccc(F)cc3)ccc1[N+](=O)[O-])C2.CO.O=C(Cc1nc(-c2ccc(F)cc2)ccc1[N+](=O)[O-])N1Cc2ccc(CO)cc2C1.O=Cc1ccc2c(c1)CN(C(=O)Cc1nc(-c3ccc(F)cc3)ccc1[N+](=O)[O-])C2.[CH3-].[Pd]. The maximum Gasteiger partial charge on any atom is 0.291 e. The number of nitrogen functional groups attached to an aromatic ring is 1. The molecule has 4 aliphatic rings. The van der Waals surface area contributed by atoms with E-state index < -0.39 is 44.4 Å². The summed E-state index contributed by atoms with van der Waals surface area (Å²) in [5, 5.41) is 70.1. The van der Waals surface area contributed by atoms with Crippen molar-refractivity contribution in [3.8, 4) is 45.0 Å². The number of carbonyl (C=O) groups excluding carboxylic acids is 5. The van der Waals surface area contributed by atoms with E-state index in [9.17, 15) is 87.2 Å². The Morgan fingerprint density at radius 3 is 0.960 bits per heavy atom. The summed E-state index contributed by atoms with van der Waals surface area (Å²) in [5.41, 5.74) is 21.8. The number of nitrogens with two attached hydrogens (primary N) is 1. The smallest absolute Gasteiger partial charge is 0.291 e. The van der Waals surface area contributed by atoms with Crippen LogP contribution in [0.25, 0.3) is 45.0 Å². The van der Waals surface area contributed by atoms with Crippen LogP contribution in [-0.4, -0.2) is 112 Å². The van der Waals surface area contributed by atoms with Crippen molar-refractivity contribution in [1.82, 2.24) is 39.5 Å². The van der Waals surface area contributed by atoms with Gasteiger partial charge in [-0.1, -0.05) is 66.7 Å². The molecule has 2 unspecified atom stereocenters. The number of carbonyl (C=O) groups is 5. The molecule has 16 rings (SSSR count). The van der Waals surface area contributed by atoms with E-state index in [0.29, 0.717) is 109 Å². The van der Waals surface area contributed by atoms with E-state index in [1.54, 1.807) is 69.8 Å². The van der Waals surface area contributed by atoms with Crippen LogP contribution in [0.2, 0.25) is 0 Å². The third-order valence-corrected chi connectivity index (χ3v) is 20.8. The maximum atomic E-state index is 13.2. The summed E-state index contributed by atoms with van der Waals surface area (Å²) < 4.78 is 52.7. The molecule has 0 radical (unpaired) electrons. The number of aromatic nitrogens is 4. The van der Waals surface area contributed by atoms with Gasteiger partial charge < -0.3 is 53.2 Å². The number of anilines is 1. The number of nitro groups is 3. The fourth-order valence-electron chi connectivity index (χ4n) is 14.3. The van der Waals surface area contributed by atoms with Crippen LogP contribution in [0, 0.1) is 61.0 Å². The standard InChI is InChI=1S/C23H20FN3O4.C23H22FN3O2.C22H18FN3O4.C22H16FN3O4.CH4O.CH3.Pd/c1-14(28)16-2-3-17-12-26(13-18(17)10-16)23(29)11-21-22(27(30)31)9-8-20(25-21)15-4-6-19(24)7-5-15;1-14(28)16-2-3-17-12-27(13-18(17)10-16)23(29)11-22-20(25)8-9-21(26-22)15-4-6-19(24)7-5-15;2*23-18-5-3-15(4-6-18)19-7-8-21(26(29)30)20(24-19)10-22(28)25-11-16-2-1-14(13-27)9-17(16)12-25;1-2;;/h2-10,14,28H,11-13H2,1H3;2-10,14,28H,11-13,25H2,1H3;1-9,27H,10-13H2;1-9,13H,10-12H2;2H,1H3;1H3;/q;;;;;-1;. The average molecular weight is 1780 g/mol. The average Bonchev–Trinajstić information content (AvgIpc) is 1.06. The maximum absolute atomic E-state index is 13.2. The fraction of sp³-hybridized carbons (Fsp3) is 0.196. The summed E-state index contributed by atoms with van der Waals surface area (Å²) in [6.45, 7) is 6.64. The van der Waals surface area contributed by atoms with Crippen molar-refractivity contribution in [3.63, 3.8) is 0 Å². The molecule has 27 nitrogen and oxygen atoms in total. The number of nitrogens with zero attached hydrogens (tertiary/aromatic N) is 11. The minimum Gasteiger partial charge on any atom is -0.400 e. The van der Waals surface area contributed by atoms with Gasteiger partial charge in [-0.25, -0.2) is 32.5 Å². The van der Waals surface area contributed by atoms with Crippen LogP contribution in [0.1, 0.15) is 120 Å². The van der Waals surface area contributed by atoms with Crippen LogP contribution in [0.15, 0.2) is 218 Å². The summed E-state index contributed by atoms with van der Waals surface area (Å²) in [4.78, 5) is 119. The first kappa shape index (κ1) is 92.4. The number of amides is 4. The van der Waals surface area contributed by atoms with Gasteiger partial charge in [0.1, 0.15) is 46.6 Å². The number of halogens is 4. The number of hydrogen-bond donors (Lipinski definition) is 5. The Hall–Kier alpha value is -13.9. The van der Waals surface area contributed by atoms with Crippen molar-refractivity contribution >= 4 is 52.7 Å². The Balaban J connectivity index is 0.000000171. The molecule has 4 aromatic heterocycles. The van der Waals surface area contributed by atoms with E-state index >= 15 is 0 Å². The largest absolute Gasteiger partial charge is 0.400 e. The Kier molecular flexibility index (Phi) is 31.0. The van der Waals surface area contributed by atoms with E-state index in [2.05, 4.69) is 19.9 Å². The zero-order valence-electron chi connectivity index (χ0n) is 67.3. The predicted molar refractivity (Wildman–Crippen MR) is 448 cm³/mol. The molecule has 0 saturated carbocycles.